The van der Waals surface area contributed by atoms with Gasteiger partial charge in [0.05, 0.1) is 35.9 Å². The van der Waals surface area contributed by atoms with Crippen molar-refractivity contribution in [2.45, 2.75) is 13.0 Å². The van der Waals surface area contributed by atoms with Crippen LogP contribution >= 0.6 is 11.6 Å². The molecule has 3 rings (SSSR count). The zero-order valence-corrected chi connectivity index (χ0v) is 17.0. The molecular weight excluding hydrogens is 397 g/mol. The fraction of sp³-hybridized carbons (Fsp3) is 0.250. The highest BCUT2D eigenvalue weighted by Gasteiger charge is 2.18. The average Bonchev–Trinajstić information content (AvgIpc) is 2.70. The summed E-state index contributed by atoms with van der Waals surface area (Å²) in [5, 5.41) is 9.34. The summed E-state index contributed by atoms with van der Waals surface area (Å²) < 4.78 is 19.8. The van der Waals surface area contributed by atoms with Gasteiger partial charge in [-0.15, -0.1) is 0 Å². The quantitative estimate of drug-likeness (QED) is 0.544. The van der Waals surface area contributed by atoms with E-state index in [4.69, 9.17) is 16.3 Å². The summed E-state index contributed by atoms with van der Waals surface area (Å²) >= 11 is 5.87. The van der Waals surface area contributed by atoms with E-state index in [0.717, 1.165) is 5.56 Å². The maximum absolute atomic E-state index is 14.3. The van der Waals surface area contributed by atoms with Gasteiger partial charge in [-0.2, -0.15) is 0 Å². The molecular formula is C20H21ClFN5O2. The Morgan fingerprint density at radius 3 is 2.83 bits per heavy atom. The number of carbonyl (C=O) groups excluding carboxylic acids is 1. The third-order valence-electron chi connectivity index (χ3n) is 4.37. The van der Waals surface area contributed by atoms with E-state index in [0.29, 0.717) is 22.5 Å². The van der Waals surface area contributed by atoms with Crippen LogP contribution in [0.25, 0.3) is 10.9 Å². The molecule has 1 atom stereocenters. The van der Waals surface area contributed by atoms with E-state index in [-0.39, 0.29) is 29.2 Å². The van der Waals surface area contributed by atoms with Gasteiger partial charge in [0.15, 0.2) is 5.82 Å². The minimum atomic E-state index is -0.567. The van der Waals surface area contributed by atoms with Crippen molar-refractivity contribution in [2.24, 2.45) is 0 Å². The Morgan fingerprint density at radius 1 is 1.31 bits per heavy atom. The first kappa shape index (κ1) is 20.8. The van der Waals surface area contributed by atoms with E-state index in [2.05, 4.69) is 25.9 Å². The lowest BCUT2D eigenvalue weighted by Gasteiger charge is -2.19. The number of nitrogens with one attached hydrogen (secondary N) is 3. The number of rotatable bonds is 7. The lowest BCUT2D eigenvalue weighted by Crippen LogP contribution is -2.34. The molecule has 3 N–H and O–H groups in total. The van der Waals surface area contributed by atoms with E-state index in [1.54, 1.807) is 32.4 Å². The van der Waals surface area contributed by atoms with Gasteiger partial charge in [0.2, 0.25) is 5.91 Å². The topological polar surface area (TPSA) is 88.2 Å². The molecule has 29 heavy (non-hydrogen) atoms. The summed E-state index contributed by atoms with van der Waals surface area (Å²) in [6, 6.07) is 7.94. The van der Waals surface area contributed by atoms with Gasteiger partial charge in [-0.05, 0) is 32.2 Å². The molecule has 0 aliphatic carbocycles. The molecule has 0 saturated carbocycles. The number of halogens is 2. The first-order valence-corrected chi connectivity index (χ1v) is 9.30. The maximum Gasteiger partial charge on any atom is 0.234 e. The molecule has 1 amide bonds. The van der Waals surface area contributed by atoms with Crippen LogP contribution in [0.1, 0.15) is 18.5 Å². The normalized spacial score (nSPS) is 11.9. The Hall–Kier alpha value is -2.97. The van der Waals surface area contributed by atoms with Crippen molar-refractivity contribution >= 4 is 39.9 Å². The molecule has 1 unspecified atom stereocenters. The predicted octanol–water partition coefficient (Wildman–Crippen LogP) is 3.57. The highest BCUT2D eigenvalue weighted by molar-refractivity contribution is 6.31. The first-order valence-electron chi connectivity index (χ1n) is 8.92. The van der Waals surface area contributed by atoms with Crippen LogP contribution in [-0.2, 0) is 4.79 Å². The van der Waals surface area contributed by atoms with Crippen LogP contribution in [0.15, 0.2) is 36.7 Å². The van der Waals surface area contributed by atoms with Gasteiger partial charge < -0.3 is 20.7 Å². The molecule has 152 valence electrons. The fourth-order valence-electron chi connectivity index (χ4n) is 2.97. The lowest BCUT2D eigenvalue weighted by atomic mass is 10.0. The van der Waals surface area contributed by atoms with Crippen LogP contribution < -0.4 is 20.7 Å². The van der Waals surface area contributed by atoms with Gasteiger partial charge in [-0.25, -0.2) is 14.4 Å². The van der Waals surface area contributed by atoms with E-state index in [9.17, 15) is 9.18 Å². The minimum absolute atomic E-state index is 0.0107. The number of nitrogens with zero attached hydrogens (tertiary/aromatic N) is 2. The maximum atomic E-state index is 14.3. The van der Waals surface area contributed by atoms with Gasteiger partial charge >= 0.3 is 0 Å². The molecule has 1 aromatic heterocycles. The van der Waals surface area contributed by atoms with Gasteiger partial charge in [-0.1, -0.05) is 17.7 Å². The molecule has 1 heterocycles. The summed E-state index contributed by atoms with van der Waals surface area (Å²) in [4.78, 5) is 20.5. The SMILES string of the molecule is CNCC(=O)NC(C)c1cc2c(Nc3cccc(Cl)c3F)ncnc2cc1OC. The standard InChI is InChI=1S/C20H21ClFN5O2/c1-11(26-18(28)9-23-2)12-7-13-16(8-17(12)29-3)24-10-25-20(13)27-15-6-4-5-14(21)19(15)22/h4-8,10-11,23H,9H2,1-3H3,(H,26,28)(H,24,25,27). The van der Waals surface area contributed by atoms with Crippen molar-refractivity contribution in [3.63, 3.8) is 0 Å². The number of hydrogen-bond donors (Lipinski definition) is 3. The monoisotopic (exact) mass is 417 g/mol. The third kappa shape index (κ3) is 4.55. The second-order valence-corrected chi connectivity index (χ2v) is 6.79. The molecule has 9 heteroatoms. The smallest absolute Gasteiger partial charge is 0.234 e. The van der Waals surface area contributed by atoms with Crippen LogP contribution in [0.5, 0.6) is 5.75 Å². The summed E-state index contributed by atoms with van der Waals surface area (Å²) in [6.45, 7) is 2.05. The van der Waals surface area contributed by atoms with Gasteiger partial charge in [0, 0.05) is 17.0 Å². The van der Waals surface area contributed by atoms with Crippen molar-refractivity contribution in [3.8, 4) is 5.75 Å². The zero-order valence-electron chi connectivity index (χ0n) is 16.2. The largest absolute Gasteiger partial charge is 0.496 e. The number of carbonyl (C=O) groups is 1. The van der Waals surface area contributed by atoms with Crippen LogP contribution in [0.4, 0.5) is 15.9 Å². The van der Waals surface area contributed by atoms with E-state index in [1.165, 1.54) is 12.4 Å². The van der Waals surface area contributed by atoms with Crippen molar-refractivity contribution in [1.29, 1.82) is 0 Å². The highest BCUT2D eigenvalue weighted by atomic mass is 35.5. The van der Waals surface area contributed by atoms with Crippen molar-refractivity contribution in [3.05, 3.63) is 53.1 Å². The molecule has 3 aromatic rings. The summed E-state index contributed by atoms with van der Waals surface area (Å²) in [5.41, 5.74) is 1.55. The molecule has 0 saturated heterocycles. The van der Waals surface area contributed by atoms with Gasteiger partial charge in [0.25, 0.3) is 0 Å². The Balaban J connectivity index is 2.04. The molecule has 2 aromatic carbocycles. The second-order valence-electron chi connectivity index (χ2n) is 6.38. The number of aromatic nitrogens is 2. The van der Waals surface area contributed by atoms with Crippen LogP contribution in [-0.4, -0.2) is 36.6 Å². The van der Waals surface area contributed by atoms with Gasteiger partial charge in [-0.3, -0.25) is 4.79 Å². The van der Waals surface area contributed by atoms with E-state index >= 15 is 0 Å². The van der Waals surface area contributed by atoms with E-state index < -0.39 is 5.82 Å². The zero-order chi connectivity index (χ0) is 21.0. The highest BCUT2D eigenvalue weighted by Crippen LogP contribution is 2.34. The Labute approximate surface area is 172 Å². The number of amides is 1. The number of likely N-dealkylation sites (N-methyl/N-ethyl adjacent to an activating group) is 1. The molecule has 0 aliphatic rings. The first-order chi connectivity index (χ1) is 13.9. The van der Waals surface area contributed by atoms with Crippen LogP contribution in [0, 0.1) is 5.82 Å². The minimum Gasteiger partial charge on any atom is -0.496 e. The number of benzene rings is 2. The number of anilines is 2. The molecule has 7 nitrogen and oxygen atoms in total. The number of methoxy groups -OCH3 is 1. The summed E-state index contributed by atoms with van der Waals surface area (Å²) in [6.07, 6.45) is 1.38. The fourth-order valence-corrected chi connectivity index (χ4v) is 3.15. The van der Waals surface area contributed by atoms with Crippen LogP contribution in [0.3, 0.4) is 0 Å². The van der Waals surface area contributed by atoms with Crippen LogP contribution in [0.2, 0.25) is 5.02 Å². The Kier molecular flexibility index (Phi) is 6.46. The average molecular weight is 418 g/mol. The second kappa shape index (κ2) is 9.02. The van der Waals surface area contributed by atoms with E-state index in [1.807, 2.05) is 13.0 Å². The number of hydrogen-bond acceptors (Lipinski definition) is 6. The van der Waals surface area contributed by atoms with Crippen molar-refractivity contribution in [2.75, 3.05) is 26.0 Å². The Morgan fingerprint density at radius 2 is 2.10 bits per heavy atom. The predicted molar refractivity (Wildman–Crippen MR) is 111 cm³/mol. The molecule has 0 aliphatic heterocycles. The number of ether oxygens (including phenoxy) is 1. The third-order valence-corrected chi connectivity index (χ3v) is 4.66. The lowest BCUT2D eigenvalue weighted by molar-refractivity contribution is -0.120. The summed E-state index contributed by atoms with van der Waals surface area (Å²) in [5.74, 6) is 0.273. The van der Waals surface area contributed by atoms with Crippen molar-refractivity contribution in [1.82, 2.24) is 20.6 Å². The van der Waals surface area contributed by atoms with Crippen molar-refractivity contribution < 1.29 is 13.9 Å². The Bertz CT molecular complexity index is 1050. The number of fused-ring (bicyclic) bond motifs is 1. The molecule has 0 radical (unpaired) electrons. The molecule has 0 fully saturated rings. The molecule has 0 spiro atoms. The van der Waals surface area contributed by atoms with Gasteiger partial charge in [0.1, 0.15) is 17.9 Å². The summed E-state index contributed by atoms with van der Waals surface area (Å²) in [7, 11) is 3.25. The molecule has 0 bridgehead atoms.